The fraction of sp³-hybridized carbons (Fsp3) is 0. The minimum absolute atomic E-state index is 0.151. The maximum Gasteiger partial charge on any atom is 0.278 e. The standard InChI is InChI=1S/C13H9BrN4O2/c14-7-2-1-3-8(6-7)15-13(20)12-11-9(17-18-12)4-5-10(19)16-11/h1-6H,(H,15,20)(H,16,19)(H,17,18). The number of H-pyrrole nitrogens is 2. The number of aromatic amines is 2. The predicted octanol–water partition coefficient (Wildman–Crippen LogP) is 2.27. The van der Waals surface area contributed by atoms with E-state index < -0.39 is 5.91 Å². The molecule has 0 spiro atoms. The number of anilines is 1. The first-order chi connectivity index (χ1) is 9.63. The highest BCUT2D eigenvalue weighted by Gasteiger charge is 2.15. The van der Waals surface area contributed by atoms with Crippen LogP contribution in [0.4, 0.5) is 5.69 Å². The molecule has 0 saturated carbocycles. The molecule has 0 aliphatic rings. The Hall–Kier alpha value is -2.41. The number of carbonyl (C=O) groups is 1. The minimum Gasteiger partial charge on any atom is -0.320 e. The Labute approximate surface area is 121 Å². The molecule has 3 N–H and O–H groups in total. The third-order valence-corrected chi connectivity index (χ3v) is 3.23. The number of halogens is 1. The SMILES string of the molecule is O=C(Nc1cccc(Br)c1)c1n[nH]c2ccc(=O)[nH]c12. The van der Waals surface area contributed by atoms with Crippen LogP contribution in [0.1, 0.15) is 10.5 Å². The van der Waals surface area contributed by atoms with Gasteiger partial charge in [0.2, 0.25) is 5.56 Å². The van der Waals surface area contributed by atoms with Crippen LogP contribution in [0.15, 0.2) is 45.7 Å². The van der Waals surface area contributed by atoms with Crippen LogP contribution < -0.4 is 10.9 Å². The molecule has 7 heteroatoms. The van der Waals surface area contributed by atoms with Crippen LogP contribution in [0.5, 0.6) is 0 Å². The van der Waals surface area contributed by atoms with Crippen molar-refractivity contribution in [3.8, 4) is 0 Å². The summed E-state index contributed by atoms with van der Waals surface area (Å²) in [4.78, 5) is 26.1. The summed E-state index contributed by atoms with van der Waals surface area (Å²) in [6.07, 6.45) is 0. The van der Waals surface area contributed by atoms with Gasteiger partial charge in [-0.1, -0.05) is 22.0 Å². The average Bonchev–Trinajstić information content (AvgIpc) is 2.81. The summed E-state index contributed by atoms with van der Waals surface area (Å²) in [5, 5.41) is 9.36. The zero-order chi connectivity index (χ0) is 14.1. The number of fused-ring (bicyclic) bond motifs is 1. The van der Waals surface area contributed by atoms with Gasteiger partial charge in [-0.2, -0.15) is 5.10 Å². The molecule has 0 bridgehead atoms. The van der Waals surface area contributed by atoms with Crippen LogP contribution in [-0.2, 0) is 0 Å². The van der Waals surface area contributed by atoms with Gasteiger partial charge in [0.1, 0.15) is 0 Å². The van der Waals surface area contributed by atoms with Crippen LogP contribution in [0, 0.1) is 0 Å². The summed E-state index contributed by atoms with van der Waals surface area (Å²) >= 11 is 3.33. The molecule has 0 aliphatic heterocycles. The zero-order valence-corrected chi connectivity index (χ0v) is 11.7. The van der Waals surface area contributed by atoms with Crippen molar-refractivity contribution < 1.29 is 4.79 Å². The Morgan fingerprint density at radius 1 is 1.25 bits per heavy atom. The van der Waals surface area contributed by atoms with Gasteiger partial charge in [0.25, 0.3) is 5.91 Å². The molecule has 3 rings (SSSR count). The third kappa shape index (κ3) is 2.35. The van der Waals surface area contributed by atoms with Gasteiger partial charge >= 0.3 is 0 Å². The molecule has 0 radical (unpaired) electrons. The van der Waals surface area contributed by atoms with Gasteiger partial charge in [0.15, 0.2) is 5.69 Å². The first kappa shape index (κ1) is 12.6. The summed E-state index contributed by atoms with van der Waals surface area (Å²) in [5.41, 5.74) is 1.50. The van der Waals surface area contributed by atoms with Crippen molar-refractivity contribution in [1.82, 2.24) is 15.2 Å². The van der Waals surface area contributed by atoms with E-state index in [-0.39, 0.29) is 11.3 Å². The lowest BCUT2D eigenvalue weighted by Gasteiger charge is -2.03. The Morgan fingerprint density at radius 3 is 2.90 bits per heavy atom. The molecule has 0 unspecified atom stereocenters. The predicted molar refractivity (Wildman–Crippen MR) is 78.8 cm³/mol. The molecule has 6 nitrogen and oxygen atoms in total. The number of carbonyl (C=O) groups excluding carboxylic acids is 1. The van der Waals surface area contributed by atoms with Crippen molar-refractivity contribution in [2.75, 3.05) is 5.32 Å². The topological polar surface area (TPSA) is 90.6 Å². The Bertz CT molecular complexity index is 853. The van der Waals surface area contributed by atoms with E-state index in [1.54, 1.807) is 18.2 Å². The molecule has 0 fully saturated rings. The van der Waals surface area contributed by atoms with Gasteiger partial charge in [-0.25, -0.2) is 0 Å². The number of benzene rings is 1. The van der Waals surface area contributed by atoms with Crippen molar-refractivity contribution in [2.24, 2.45) is 0 Å². The highest BCUT2D eigenvalue weighted by molar-refractivity contribution is 9.10. The molecular weight excluding hydrogens is 324 g/mol. The number of hydrogen-bond donors (Lipinski definition) is 3. The molecule has 0 atom stereocenters. The Kier molecular flexibility index (Phi) is 3.11. The number of pyridine rings is 1. The fourth-order valence-electron chi connectivity index (χ4n) is 1.85. The molecule has 2 aromatic heterocycles. The minimum atomic E-state index is -0.392. The first-order valence-corrected chi connectivity index (χ1v) is 6.57. The van der Waals surface area contributed by atoms with Gasteiger partial charge in [-0.3, -0.25) is 14.7 Å². The smallest absolute Gasteiger partial charge is 0.278 e. The van der Waals surface area contributed by atoms with E-state index in [1.807, 2.05) is 12.1 Å². The summed E-state index contributed by atoms with van der Waals surface area (Å²) in [6, 6.07) is 10.2. The molecule has 1 aromatic carbocycles. The maximum absolute atomic E-state index is 12.2. The zero-order valence-electron chi connectivity index (χ0n) is 10.1. The van der Waals surface area contributed by atoms with Crippen molar-refractivity contribution in [1.29, 1.82) is 0 Å². The number of hydrogen-bond acceptors (Lipinski definition) is 3. The summed E-state index contributed by atoms with van der Waals surface area (Å²) < 4.78 is 0.857. The normalized spacial score (nSPS) is 10.7. The number of amides is 1. The molecule has 2 heterocycles. The molecule has 0 saturated heterocycles. The van der Waals surface area contributed by atoms with Gasteiger partial charge < -0.3 is 10.3 Å². The average molecular weight is 333 g/mol. The van der Waals surface area contributed by atoms with Crippen molar-refractivity contribution in [2.45, 2.75) is 0 Å². The van der Waals surface area contributed by atoms with Crippen LogP contribution in [-0.4, -0.2) is 21.1 Å². The van der Waals surface area contributed by atoms with E-state index >= 15 is 0 Å². The second-order valence-corrected chi connectivity index (χ2v) is 5.06. The number of aromatic nitrogens is 3. The van der Waals surface area contributed by atoms with Crippen molar-refractivity contribution in [3.05, 3.63) is 56.9 Å². The molecule has 0 aliphatic carbocycles. The molecule has 100 valence electrons. The van der Waals surface area contributed by atoms with E-state index in [0.29, 0.717) is 16.7 Å². The lowest BCUT2D eigenvalue weighted by Crippen LogP contribution is -2.14. The van der Waals surface area contributed by atoms with Gasteiger partial charge in [0.05, 0.1) is 11.0 Å². The first-order valence-electron chi connectivity index (χ1n) is 5.78. The quantitative estimate of drug-likeness (QED) is 0.672. The van der Waals surface area contributed by atoms with Crippen LogP contribution in [0.2, 0.25) is 0 Å². The van der Waals surface area contributed by atoms with Crippen LogP contribution >= 0.6 is 15.9 Å². The summed E-state index contributed by atoms with van der Waals surface area (Å²) in [7, 11) is 0. The van der Waals surface area contributed by atoms with Gasteiger partial charge in [0, 0.05) is 16.2 Å². The third-order valence-electron chi connectivity index (χ3n) is 2.74. The number of nitrogens with zero attached hydrogens (tertiary/aromatic N) is 1. The summed E-state index contributed by atoms with van der Waals surface area (Å²) in [6.45, 7) is 0. The largest absolute Gasteiger partial charge is 0.320 e. The summed E-state index contributed by atoms with van der Waals surface area (Å²) in [5.74, 6) is -0.392. The fourth-order valence-corrected chi connectivity index (χ4v) is 2.25. The molecular formula is C13H9BrN4O2. The Morgan fingerprint density at radius 2 is 2.10 bits per heavy atom. The van der Waals surface area contributed by atoms with Crippen LogP contribution in [0.25, 0.3) is 11.0 Å². The van der Waals surface area contributed by atoms with Crippen molar-refractivity contribution >= 4 is 38.6 Å². The van der Waals surface area contributed by atoms with E-state index in [4.69, 9.17) is 0 Å². The highest BCUT2D eigenvalue weighted by atomic mass is 79.9. The monoisotopic (exact) mass is 332 g/mol. The lowest BCUT2D eigenvalue weighted by molar-refractivity contribution is 0.102. The molecule has 1 amide bonds. The number of nitrogens with one attached hydrogen (secondary N) is 3. The number of rotatable bonds is 2. The maximum atomic E-state index is 12.2. The van der Waals surface area contributed by atoms with Gasteiger partial charge in [-0.15, -0.1) is 0 Å². The van der Waals surface area contributed by atoms with Crippen molar-refractivity contribution in [3.63, 3.8) is 0 Å². The van der Waals surface area contributed by atoms with Gasteiger partial charge in [-0.05, 0) is 24.3 Å². The second kappa shape index (κ2) is 4.93. The second-order valence-electron chi connectivity index (χ2n) is 4.15. The van der Waals surface area contributed by atoms with E-state index in [2.05, 4.69) is 36.4 Å². The molecule has 3 aromatic rings. The Balaban J connectivity index is 1.97. The van der Waals surface area contributed by atoms with E-state index in [9.17, 15) is 9.59 Å². The van der Waals surface area contributed by atoms with Crippen LogP contribution in [0.3, 0.4) is 0 Å². The highest BCUT2D eigenvalue weighted by Crippen LogP contribution is 2.17. The van der Waals surface area contributed by atoms with E-state index in [1.165, 1.54) is 6.07 Å². The van der Waals surface area contributed by atoms with E-state index in [0.717, 1.165) is 4.47 Å². The molecule has 20 heavy (non-hydrogen) atoms. The lowest BCUT2D eigenvalue weighted by atomic mass is 10.2.